The molecule has 2 rings (SSSR count). The summed E-state index contributed by atoms with van der Waals surface area (Å²) in [6.07, 6.45) is 1.33. The second kappa shape index (κ2) is 9.62. The highest BCUT2D eigenvalue weighted by molar-refractivity contribution is 5.77. The van der Waals surface area contributed by atoms with Crippen molar-refractivity contribution in [1.29, 1.82) is 0 Å². The number of esters is 1. The van der Waals surface area contributed by atoms with Gasteiger partial charge in [-0.3, -0.25) is 9.59 Å². The van der Waals surface area contributed by atoms with Gasteiger partial charge >= 0.3 is 5.97 Å². The van der Waals surface area contributed by atoms with Crippen molar-refractivity contribution >= 4 is 11.9 Å². The molecule has 0 aliphatic carbocycles. The van der Waals surface area contributed by atoms with E-state index in [2.05, 4.69) is 24.3 Å². The Bertz CT molecular complexity index is 680. The van der Waals surface area contributed by atoms with Crippen LogP contribution < -0.4 is 0 Å². The number of ether oxygens (including phenoxy) is 1. The van der Waals surface area contributed by atoms with E-state index < -0.39 is 0 Å². The number of hydrogen-bond donors (Lipinski definition) is 0. The topological polar surface area (TPSA) is 46.6 Å². The predicted molar refractivity (Wildman–Crippen MR) is 98.0 cm³/mol. The molecule has 0 aliphatic heterocycles. The molecule has 0 spiro atoms. The first-order chi connectivity index (χ1) is 12.1. The van der Waals surface area contributed by atoms with Crippen molar-refractivity contribution in [2.24, 2.45) is 0 Å². The van der Waals surface area contributed by atoms with E-state index in [0.29, 0.717) is 25.9 Å². The molecular weight excluding hydrogens is 314 g/mol. The minimum Gasteiger partial charge on any atom is -0.469 e. The minimum absolute atomic E-state index is 0.0494. The van der Waals surface area contributed by atoms with Crippen LogP contribution in [0.1, 0.15) is 29.5 Å². The summed E-state index contributed by atoms with van der Waals surface area (Å²) in [7, 11) is 1.36. The summed E-state index contributed by atoms with van der Waals surface area (Å²) >= 11 is 0. The summed E-state index contributed by atoms with van der Waals surface area (Å²) < 4.78 is 4.69. The van der Waals surface area contributed by atoms with Crippen LogP contribution in [-0.4, -0.2) is 30.4 Å². The van der Waals surface area contributed by atoms with Gasteiger partial charge < -0.3 is 9.64 Å². The van der Waals surface area contributed by atoms with Crippen molar-refractivity contribution in [2.45, 2.75) is 32.7 Å². The van der Waals surface area contributed by atoms with Gasteiger partial charge in [0.2, 0.25) is 5.91 Å². The van der Waals surface area contributed by atoms with Crippen molar-refractivity contribution < 1.29 is 14.3 Å². The number of aryl methyl sites for hydroxylation is 2. The Kier molecular flexibility index (Phi) is 7.20. The lowest BCUT2D eigenvalue weighted by molar-refractivity contribution is -0.141. The lowest BCUT2D eigenvalue weighted by atomic mass is 10.1. The van der Waals surface area contributed by atoms with E-state index in [0.717, 1.165) is 11.1 Å². The lowest BCUT2D eigenvalue weighted by Gasteiger charge is -2.22. The van der Waals surface area contributed by atoms with Gasteiger partial charge in [-0.05, 0) is 24.5 Å². The molecule has 0 radical (unpaired) electrons. The molecule has 4 nitrogen and oxygen atoms in total. The third kappa shape index (κ3) is 6.42. The van der Waals surface area contributed by atoms with Crippen LogP contribution in [0.3, 0.4) is 0 Å². The highest BCUT2D eigenvalue weighted by Crippen LogP contribution is 2.11. The van der Waals surface area contributed by atoms with Crippen LogP contribution >= 0.6 is 0 Å². The number of carbonyl (C=O) groups excluding carboxylic acids is 2. The molecule has 0 N–H and O–H groups in total. The van der Waals surface area contributed by atoms with Gasteiger partial charge in [-0.15, -0.1) is 0 Å². The predicted octanol–water partition coefficient (Wildman–Crippen LogP) is 3.52. The van der Waals surface area contributed by atoms with Crippen molar-refractivity contribution in [3.8, 4) is 0 Å². The Labute approximate surface area is 149 Å². The molecule has 0 atom stereocenters. The van der Waals surface area contributed by atoms with Gasteiger partial charge in [-0.2, -0.15) is 0 Å². The zero-order valence-electron chi connectivity index (χ0n) is 14.9. The minimum atomic E-state index is -0.301. The molecule has 0 fully saturated rings. The molecular formula is C21H25NO3. The highest BCUT2D eigenvalue weighted by Gasteiger charge is 2.15. The molecule has 0 aromatic heterocycles. The number of carbonyl (C=O) groups is 2. The third-order valence-electron chi connectivity index (χ3n) is 4.13. The average molecular weight is 339 g/mol. The fraction of sp³-hybridized carbons (Fsp3) is 0.333. The maximum absolute atomic E-state index is 12.7. The van der Waals surface area contributed by atoms with Crippen LogP contribution in [0.4, 0.5) is 0 Å². The molecule has 1 amide bonds. The van der Waals surface area contributed by atoms with E-state index >= 15 is 0 Å². The summed E-state index contributed by atoms with van der Waals surface area (Å²) in [5.74, 6) is -0.252. The number of benzene rings is 2. The van der Waals surface area contributed by atoms with Gasteiger partial charge in [0.05, 0.1) is 13.5 Å². The Morgan fingerprint density at radius 2 is 1.60 bits per heavy atom. The molecule has 25 heavy (non-hydrogen) atoms. The number of rotatable bonds is 8. The second-order valence-corrected chi connectivity index (χ2v) is 6.11. The van der Waals surface area contributed by atoms with Gasteiger partial charge in [-0.1, -0.05) is 60.2 Å². The van der Waals surface area contributed by atoms with Crippen molar-refractivity contribution in [3.05, 3.63) is 71.3 Å². The zero-order chi connectivity index (χ0) is 18.1. The van der Waals surface area contributed by atoms with Crippen LogP contribution in [0, 0.1) is 6.92 Å². The maximum Gasteiger partial charge on any atom is 0.307 e. The van der Waals surface area contributed by atoms with Crippen LogP contribution in [0.2, 0.25) is 0 Å². The zero-order valence-corrected chi connectivity index (χ0v) is 14.9. The molecule has 2 aromatic carbocycles. The molecule has 0 bridgehead atoms. The molecule has 0 saturated carbocycles. The lowest BCUT2D eigenvalue weighted by Crippen LogP contribution is -2.33. The third-order valence-corrected chi connectivity index (χ3v) is 4.13. The Morgan fingerprint density at radius 1 is 0.920 bits per heavy atom. The van der Waals surface area contributed by atoms with Gasteiger partial charge in [0.25, 0.3) is 0 Å². The smallest absolute Gasteiger partial charge is 0.307 e. The molecule has 0 unspecified atom stereocenters. The molecule has 4 heteroatoms. The van der Waals surface area contributed by atoms with Crippen LogP contribution in [-0.2, 0) is 27.3 Å². The summed E-state index contributed by atoms with van der Waals surface area (Å²) in [5.41, 5.74) is 3.40. The quantitative estimate of drug-likeness (QED) is 0.691. The van der Waals surface area contributed by atoms with E-state index in [1.807, 2.05) is 37.3 Å². The first kappa shape index (κ1) is 18.7. The largest absolute Gasteiger partial charge is 0.469 e. The number of methoxy groups -OCH3 is 1. The van der Waals surface area contributed by atoms with Gasteiger partial charge in [-0.25, -0.2) is 0 Å². The van der Waals surface area contributed by atoms with Crippen LogP contribution in [0.25, 0.3) is 0 Å². The first-order valence-corrected chi connectivity index (χ1v) is 8.52. The first-order valence-electron chi connectivity index (χ1n) is 8.52. The summed E-state index contributed by atoms with van der Waals surface area (Å²) in [6.45, 7) is 2.92. The van der Waals surface area contributed by atoms with Gasteiger partial charge in [0.1, 0.15) is 0 Å². The SMILES string of the molecule is COC(=O)CCN(Cc1ccccc1)C(=O)CCc1ccc(C)cc1. The van der Waals surface area contributed by atoms with E-state index in [-0.39, 0.29) is 18.3 Å². The van der Waals surface area contributed by atoms with Crippen LogP contribution in [0.15, 0.2) is 54.6 Å². The van der Waals surface area contributed by atoms with Crippen molar-refractivity contribution in [1.82, 2.24) is 4.90 Å². The Morgan fingerprint density at radius 3 is 2.24 bits per heavy atom. The summed E-state index contributed by atoms with van der Waals surface area (Å²) in [6, 6.07) is 18.0. The Balaban J connectivity index is 1.97. The molecule has 132 valence electrons. The van der Waals surface area contributed by atoms with E-state index in [1.54, 1.807) is 4.90 Å². The number of nitrogens with zero attached hydrogens (tertiary/aromatic N) is 1. The molecule has 0 heterocycles. The molecule has 0 saturated heterocycles. The normalized spacial score (nSPS) is 10.3. The Hall–Kier alpha value is -2.62. The highest BCUT2D eigenvalue weighted by atomic mass is 16.5. The number of hydrogen-bond acceptors (Lipinski definition) is 3. The van der Waals surface area contributed by atoms with Crippen molar-refractivity contribution in [3.63, 3.8) is 0 Å². The average Bonchev–Trinajstić information content (AvgIpc) is 2.64. The fourth-order valence-electron chi connectivity index (χ4n) is 2.59. The standard InChI is InChI=1S/C21H25NO3/c1-17-8-10-18(11-9-17)12-13-20(23)22(15-14-21(24)25-2)16-19-6-4-3-5-7-19/h3-11H,12-16H2,1-2H3. The monoisotopic (exact) mass is 339 g/mol. The van der Waals surface area contributed by atoms with E-state index in [4.69, 9.17) is 4.74 Å². The number of amides is 1. The van der Waals surface area contributed by atoms with E-state index in [1.165, 1.54) is 12.7 Å². The van der Waals surface area contributed by atoms with Gasteiger partial charge in [0.15, 0.2) is 0 Å². The summed E-state index contributed by atoms with van der Waals surface area (Å²) in [5, 5.41) is 0. The molecule has 2 aromatic rings. The second-order valence-electron chi connectivity index (χ2n) is 6.11. The van der Waals surface area contributed by atoms with Crippen molar-refractivity contribution in [2.75, 3.05) is 13.7 Å². The van der Waals surface area contributed by atoms with E-state index in [9.17, 15) is 9.59 Å². The van der Waals surface area contributed by atoms with Gasteiger partial charge in [0, 0.05) is 19.5 Å². The summed E-state index contributed by atoms with van der Waals surface area (Å²) in [4.78, 5) is 25.8. The van der Waals surface area contributed by atoms with Crippen LogP contribution in [0.5, 0.6) is 0 Å². The molecule has 0 aliphatic rings. The fourth-order valence-corrected chi connectivity index (χ4v) is 2.59. The maximum atomic E-state index is 12.7.